The van der Waals surface area contributed by atoms with Gasteiger partial charge in [-0.3, -0.25) is 4.79 Å². The summed E-state index contributed by atoms with van der Waals surface area (Å²) in [5, 5.41) is 1.17. The number of hydrogen-bond donors (Lipinski definition) is 0. The third-order valence-corrected chi connectivity index (χ3v) is 5.43. The molecule has 2 aromatic rings. The second-order valence-corrected chi connectivity index (χ2v) is 7.00. The third kappa shape index (κ3) is 2.83. The van der Waals surface area contributed by atoms with Crippen LogP contribution < -0.4 is 4.90 Å². The Morgan fingerprint density at radius 1 is 1.23 bits per heavy atom. The smallest absolute Gasteiger partial charge is 0.264 e. The van der Waals surface area contributed by atoms with E-state index < -0.39 is 0 Å². The van der Waals surface area contributed by atoms with Crippen molar-refractivity contribution in [2.45, 2.75) is 6.92 Å². The molecule has 1 aliphatic heterocycles. The van der Waals surface area contributed by atoms with Crippen molar-refractivity contribution in [1.29, 1.82) is 0 Å². The van der Waals surface area contributed by atoms with Gasteiger partial charge in [-0.1, -0.05) is 13.0 Å². The van der Waals surface area contributed by atoms with Gasteiger partial charge in [-0.15, -0.1) is 11.3 Å². The summed E-state index contributed by atoms with van der Waals surface area (Å²) in [4.78, 5) is 20.1. The zero-order chi connectivity index (χ0) is 15.7. The molecular formula is C17H23N3OS. The lowest BCUT2D eigenvalue weighted by molar-refractivity contribution is 0.0648. The van der Waals surface area contributed by atoms with Crippen LogP contribution >= 0.6 is 11.3 Å². The molecule has 0 bridgehead atoms. The summed E-state index contributed by atoms with van der Waals surface area (Å²) in [6.45, 7) is 6.87. The lowest BCUT2D eigenvalue weighted by atomic mass is 10.2. The largest absolute Gasteiger partial charge is 0.377 e. The normalized spacial score (nSPS) is 16.2. The topological polar surface area (TPSA) is 26.8 Å². The van der Waals surface area contributed by atoms with Gasteiger partial charge in [0.1, 0.15) is 0 Å². The van der Waals surface area contributed by atoms with Gasteiger partial charge >= 0.3 is 0 Å². The lowest BCUT2D eigenvalue weighted by Gasteiger charge is -2.33. The molecule has 0 unspecified atom stereocenters. The Hall–Kier alpha value is -1.59. The van der Waals surface area contributed by atoms with E-state index in [0.717, 1.165) is 37.6 Å². The Labute approximate surface area is 135 Å². The maximum Gasteiger partial charge on any atom is 0.264 e. The van der Waals surface area contributed by atoms with E-state index in [-0.39, 0.29) is 5.91 Å². The molecule has 1 fully saturated rings. The minimum atomic E-state index is 0.182. The molecule has 0 atom stereocenters. The van der Waals surface area contributed by atoms with Gasteiger partial charge in [-0.25, -0.2) is 0 Å². The summed E-state index contributed by atoms with van der Waals surface area (Å²) >= 11 is 1.61. The maximum atomic E-state index is 12.7. The lowest BCUT2D eigenvalue weighted by Crippen LogP contribution is -2.48. The van der Waals surface area contributed by atoms with E-state index in [2.05, 4.69) is 41.0 Å². The van der Waals surface area contributed by atoms with Gasteiger partial charge in [0.25, 0.3) is 5.91 Å². The summed E-state index contributed by atoms with van der Waals surface area (Å²) < 4.78 is 1.18. The van der Waals surface area contributed by atoms with Crippen molar-refractivity contribution in [2.75, 3.05) is 51.7 Å². The minimum absolute atomic E-state index is 0.182. The first-order valence-corrected chi connectivity index (χ1v) is 8.63. The number of hydrogen-bond acceptors (Lipinski definition) is 4. The molecule has 0 spiro atoms. The van der Waals surface area contributed by atoms with Crippen molar-refractivity contribution in [2.24, 2.45) is 0 Å². The van der Waals surface area contributed by atoms with Gasteiger partial charge in [0, 0.05) is 56.0 Å². The van der Waals surface area contributed by atoms with Crippen LogP contribution in [0, 0.1) is 0 Å². The number of carbonyl (C=O) groups excluding carboxylic acids is 1. The quantitative estimate of drug-likeness (QED) is 0.871. The first kappa shape index (κ1) is 15.3. The van der Waals surface area contributed by atoms with Gasteiger partial charge in [-0.2, -0.15) is 0 Å². The number of fused-ring (bicyclic) bond motifs is 1. The fraction of sp³-hybridized carbons (Fsp3) is 0.471. The summed E-state index contributed by atoms with van der Waals surface area (Å²) in [7, 11) is 4.08. The molecule has 2 heterocycles. The van der Waals surface area contributed by atoms with Crippen molar-refractivity contribution in [3.05, 3.63) is 29.1 Å². The van der Waals surface area contributed by atoms with E-state index in [9.17, 15) is 4.79 Å². The number of thiophene rings is 1. The average molecular weight is 317 g/mol. The van der Waals surface area contributed by atoms with Gasteiger partial charge in [0.15, 0.2) is 0 Å². The molecule has 4 nitrogen and oxygen atoms in total. The summed E-state index contributed by atoms with van der Waals surface area (Å²) in [5.41, 5.74) is 1.17. The van der Waals surface area contributed by atoms with E-state index in [0.29, 0.717) is 0 Å². The molecule has 1 aliphatic rings. The molecule has 118 valence electrons. The fourth-order valence-electron chi connectivity index (χ4n) is 2.96. The molecule has 0 aliphatic carbocycles. The van der Waals surface area contributed by atoms with Crippen LogP contribution in [0.2, 0.25) is 0 Å². The summed E-state index contributed by atoms with van der Waals surface area (Å²) in [6.07, 6.45) is 0. The van der Waals surface area contributed by atoms with E-state index in [1.165, 1.54) is 15.8 Å². The van der Waals surface area contributed by atoms with Crippen molar-refractivity contribution in [3.8, 4) is 0 Å². The van der Waals surface area contributed by atoms with Crippen molar-refractivity contribution >= 4 is 33.0 Å². The van der Waals surface area contributed by atoms with Gasteiger partial charge < -0.3 is 14.7 Å². The van der Waals surface area contributed by atoms with Crippen LogP contribution in [-0.4, -0.2) is 62.5 Å². The molecule has 1 aromatic heterocycles. The first-order valence-electron chi connectivity index (χ1n) is 7.81. The van der Waals surface area contributed by atoms with Crippen LogP contribution in [0.3, 0.4) is 0 Å². The number of carbonyl (C=O) groups is 1. The highest BCUT2D eigenvalue weighted by Crippen LogP contribution is 2.33. The summed E-state index contributed by atoms with van der Waals surface area (Å²) in [5.74, 6) is 0.182. The van der Waals surface area contributed by atoms with Gasteiger partial charge in [-0.05, 0) is 24.7 Å². The highest BCUT2D eigenvalue weighted by Gasteiger charge is 2.23. The number of piperazine rings is 1. The monoisotopic (exact) mass is 317 g/mol. The molecule has 0 saturated carbocycles. The average Bonchev–Trinajstić information content (AvgIpc) is 2.98. The van der Waals surface area contributed by atoms with E-state index in [4.69, 9.17) is 0 Å². The molecule has 5 heteroatoms. The van der Waals surface area contributed by atoms with Crippen LogP contribution in [0.25, 0.3) is 10.1 Å². The van der Waals surface area contributed by atoms with Gasteiger partial charge in [0.2, 0.25) is 0 Å². The highest BCUT2D eigenvalue weighted by atomic mass is 32.1. The highest BCUT2D eigenvalue weighted by molar-refractivity contribution is 7.20. The number of rotatable bonds is 3. The molecule has 3 rings (SSSR count). The van der Waals surface area contributed by atoms with E-state index in [1.54, 1.807) is 11.3 Å². The molecular weight excluding hydrogens is 294 g/mol. The maximum absolute atomic E-state index is 12.7. The third-order valence-electron chi connectivity index (χ3n) is 4.34. The Morgan fingerprint density at radius 2 is 1.95 bits per heavy atom. The molecule has 0 N–H and O–H groups in total. The Kier molecular flexibility index (Phi) is 4.36. The SMILES string of the molecule is CCN1CCN(C(=O)c2cc3c(N(C)C)cccc3s2)CC1. The molecule has 1 saturated heterocycles. The predicted octanol–water partition coefficient (Wildman–Crippen LogP) is 2.75. The van der Waals surface area contributed by atoms with E-state index in [1.807, 2.05) is 19.0 Å². The number of nitrogens with zero attached hydrogens (tertiary/aromatic N) is 3. The number of benzene rings is 1. The van der Waals surface area contributed by atoms with Crippen LogP contribution in [0.15, 0.2) is 24.3 Å². The van der Waals surface area contributed by atoms with E-state index >= 15 is 0 Å². The van der Waals surface area contributed by atoms with Crippen molar-refractivity contribution < 1.29 is 4.79 Å². The summed E-state index contributed by atoms with van der Waals surface area (Å²) in [6, 6.07) is 8.31. The van der Waals surface area contributed by atoms with Crippen LogP contribution in [-0.2, 0) is 0 Å². The standard InChI is InChI=1S/C17H23N3OS/c1-4-19-8-10-20(11-9-19)17(21)16-12-13-14(18(2)3)6-5-7-15(13)22-16/h5-7,12H,4,8-11H2,1-3H3. The Balaban J connectivity index is 1.84. The molecule has 0 radical (unpaired) electrons. The number of anilines is 1. The van der Waals surface area contributed by atoms with Crippen LogP contribution in [0.5, 0.6) is 0 Å². The van der Waals surface area contributed by atoms with Crippen LogP contribution in [0.4, 0.5) is 5.69 Å². The van der Waals surface area contributed by atoms with Crippen LogP contribution in [0.1, 0.15) is 16.6 Å². The number of amides is 1. The Morgan fingerprint density at radius 3 is 2.59 bits per heavy atom. The van der Waals surface area contributed by atoms with Crippen molar-refractivity contribution in [3.63, 3.8) is 0 Å². The van der Waals surface area contributed by atoms with Gasteiger partial charge in [0.05, 0.1) is 4.88 Å². The number of likely N-dealkylation sites (N-methyl/N-ethyl adjacent to an activating group) is 1. The Bertz CT molecular complexity index is 672. The fourth-order valence-corrected chi connectivity index (χ4v) is 4.01. The zero-order valence-electron chi connectivity index (χ0n) is 13.5. The molecule has 1 aromatic carbocycles. The predicted molar refractivity (Wildman–Crippen MR) is 94.2 cm³/mol. The minimum Gasteiger partial charge on any atom is -0.377 e. The second kappa shape index (κ2) is 6.26. The molecule has 1 amide bonds. The second-order valence-electron chi connectivity index (χ2n) is 5.92. The molecule has 22 heavy (non-hydrogen) atoms. The van der Waals surface area contributed by atoms with Crippen molar-refractivity contribution in [1.82, 2.24) is 9.80 Å². The first-order chi connectivity index (χ1) is 10.6. The zero-order valence-corrected chi connectivity index (χ0v) is 14.3.